The van der Waals surface area contributed by atoms with Crippen LogP contribution in [-0.4, -0.2) is 16.7 Å². The number of carbonyl (C=O) groups excluding carboxylic acids is 2. The summed E-state index contributed by atoms with van der Waals surface area (Å²) >= 11 is 0. The molecule has 0 saturated carbocycles. The zero-order chi connectivity index (χ0) is 17.6. The Labute approximate surface area is 135 Å². The lowest BCUT2D eigenvalue weighted by Gasteiger charge is -2.13. The van der Waals surface area contributed by atoms with Crippen LogP contribution in [0.2, 0.25) is 0 Å². The minimum absolute atomic E-state index is 0.127. The minimum atomic E-state index is -0.578. The Hall–Kier alpha value is -2.44. The molecule has 0 bridgehead atoms. The normalized spacial score (nSPS) is 13.0. The molecule has 0 aromatic heterocycles. The zero-order valence-electron chi connectivity index (χ0n) is 13.9. The molecule has 2 atom stereocenters. The van der Waals surface area contributed by atoms with Crippen LogP contribution in [0.25, 0.3) is 0 Å². The van der Waals surface area contributed by atoms with E-state index in [2.05, 4.69) is 10.6 Å². The van der Waals surface area contributed by atoms with Crippen molar-refractivity contribution in [2.24, 2.45) is 11.8 Å². The van der Waals surface area contributed by atoms with E-state index in [1.165, 1.54) is 12.1 Å². The lowest BCUT2D eigenvalue weighted by Crippen LogP contribution is -2.21. The van der Waals surface area contributed by atoms with Gasteiger partial charge in [0.2, 0.25) is 11.8 Å². The Morgan fingerprint density at radius 2 is 1.61 bits per heavy atom. The Bertz CT molecular complexity index is 601. The molecule has 126 valence electrons. The first kappa shape index (κ1) is 18.6. The van der Waals surface area contributed by atoms with Gasteiger partial charge in [-0.1, -0.05) is 27.7 Å². The van der Waals surface area contributed by atoms with Gasteiger partial charge in [-0.25, -0.2) is 0 Å². The van der Waals surface area contributed by atoms with Crippen molar-refractivity contribution in [3.8, 4) is 0 Å². The first-order chi connectivity index (χ1) is 10.8. The minimum Gasteiger partial charge on any atom is -0.326 e. The van der Waals surface area contributed by atoms with E-state index in [1.54, 1.807) is 19.9 Å². The second-order valence-corrected chi connectivity index (χ2v) is 5.59. The molecule has 0 saturated heterocycles. The lowest BCUT2D eigenvalue weighted by atomic mass is 10.1. The van der Waals surface area contributed by atoms with Crippen LogP contribution in [0.3, 0.4) is 0 Å². The highest BCUT2D eigenvalue weighted by Gasteiger charge is 2.20. The second-order valence-electron chi connectivity index (χ2n) is 5.59. The first-order valence-corrected chi connectivity index (χ1v) is 7.70. The second kappa shape index (κ2) is 8.26. The molecule has 0 aliphatic heterocycles. The fourth-order valence-corrected chi connectivity index (χ4v) is 1.76. The van der Waals surface area contributed by atoms with Gasteiger partial charge in [0.05, 0.1) is 4.92 Å². The van der Waals surface area contributed by atoms with E-state index in [1.807, 2.05) is 13.8 Å². The number of hydrogen-bond acceptors (Lipinski definition) is 4. The molecular weight excluding hydrogens is 298 g/mol. The van der Waals surface area contributed by atoms with Crippen molar-refractivity contribution in [2.75, 3.05) is 10.6 Å². The summed E-state index contributed by atoms with van der Waals surface area (Å²) in [6.07, 6.45) is 1.32. The van der Waals surface area contributed by atoms with E-state index < -0.39 is 4.92 Å². The van der Waals surface area contributed by atoms with Gasteiger partial charge >= 0.3 is 0 Å². The predicted octanol–water partition coefficient (Wildman–Crippen LogP) is 3.56. The van der Waals surface area contributed by atoms with Crippen LogP contribution >= 0.6 is 0 Å². The summed E-state index contributed by atoms with van der Waals surface area (Å²) in [5, 5.41) is 16.4. The molecule has 1 rings (SSSR count). The number of rotatable bonds is 7. The van der Waals surface area contributed by atoms with Crippen molar-refractivity contribution in [3.63, 3.8) is 0 Å². The molecule has 0 radical (unpaired) electrons. The van der Waals surface area contributed by atoms with Crippen LogP contribution < -0.4 is 10.6 Å². The third-order valence-corrected chi connectivity index (χ3v) is 3.84. The molecule has 2 amide bonds. The number of hydrogen-bond donors (Lipinski definition) is 2. The first-order valence-electron chi connectivity index (χ1n) is 7.70. The van der Waals surface area contributed by atoms with Gasteiger partial charge in [0.1, 0.15) is 5.69 Å². The molecule has 0 heterocycles. The lowest BCUT2D eigenvalue weighted by molar-refractivity contribution is -0.383. The molecule has 1 aromatic rings. The maximum atomic E-state index is 11.9. The van der Waals surface area contributed by atoms with Crippen molar-refractivity contribution < 1.29 is 14.5 Å². The molecule has 0 aliphatic carbocycles. The monoisotopic (exact) mass is 321 g/mol. The Morgan fingerprint density at radius 3 is 2.09 bits per heavy atom. The summed E-state index contributed by atoms with van der Waals surface area (Å²) in [6.45, 7) is 7.29. The summed E-state index contributed by atoms with van der Waals surface area (Å²) in [4.78, 5) is 34.4. The Balaban J connectivity index is 3.01. The molecule has 0 fully saturated rings. The number of carbonyl (C=O) groups is 2. The topological polar surface area (TPSA) is 101 Å². The molecule has 7 heteroatoms. The number of nitro benzene ring substituents is 1. The van der Waals surface area contributed by atoms with Gasteiger partial charge in [-0.15, -0.1) is 0 Å². The smallest absolute Gasteiger partial charge is 0.294 e. The molecule has 0 aliphatic rings. The summed E-state index contributed by atoms with van der Waals surface area (Å²) in [6, 6.07) is 4.23. The molecular formula is C16H23N3O4. The third kappa shape index (κ3) is 5.05. The van der Waals surface area contributed by atoms with Crippen LogP contribution in [0.1, 0.15) is 40.5 Å². The van der Waals surface area contributed by atoms with Crippen molar-refractivity contribution in [1.29, 1.82) is 0 Å². The largest absolute Gasteiger partial charge is 0.326 e. The number of anilines is 2. The SMILES string of the molecule is CC[C@@H](C)C(=O)Nc1ccc(NC(=O)[C@@H](C)CC)cc1[N+](=O)[O-]. The summed E-state index contributed by atoms with van der Waals surface area (Å²) in [5.41, 5.74) is 0.217. The third-order valence-electron chi connectivity index (χ3n) is 3.84. The molecule has 1 aromatic carbocycles. The number of amides is 2. The van der Waals surface area contributed by atoms with Gasteiger partial charge in [-0.05, 0) is 25.0 Å². The fraction of sp³-hybridized carbons (Fsp3) is 0.500. The highest BCUT2D eigenvalue weighted by atomic mass is 16.6. The number of nitro groups is 1. The van der Waals surface area contributed by atoms with Crippen LogP contribution in [0.4, 0.5) is 17.1 Å². The highest BCUT2D eigenvalue weighted by Crippen LogP contribution is 2.28. The molecule has 23 heavy (non-hydrogen) atoms. The van der Waals surface area contributed by atoms with Crippen LogP contribution in [0.15, 0.2) is 18.2 Å². The number of nitrogens with one attached hydrogen (secondary N) is 2. The fourth-order valence-electron chi connectivity index (χ4n) is 1.76. The van der Waals surface area contributed by atoms with Crippen molar-refractivity contribution in [3.05, 3.63) is 28.3 Å². The van der Waals surface area contributed by atoms with Gasteiger partial charge in [0.25, 0.3) is 5.69 Å². The number of benzene rings is 1. The van der Waals surface area contributed by atoms with Crippen LogP contribution in [0.5, 0.6) is 0 Å². The molecule has 7 nitrogen and oxygen atoms in total. The molecule has 2 N–H and O–H groups in total. The van der Waals surface area contributed by atoms with Crippen molar-refractivity contribution >= 4 is 28.9 Å². The van der Waals surface area contributed by atoms with Gasteiger partial charge in [-0.2, -0.15) is 0 Å². The maximum Gasteiger partial charge on any atom is 0.294 e. The summed E-state index contributed by atoms with van der Waals surface area (Å²) in [7, 11) is 0. The van der Waals surface area contributed by atoms with Crippen molar-refractivity contribution in [1.82, 2.24) is 0 Å². The van der Waals surface area contributed by atoms with Crippen molar-refractivity contribution in [2.45, 2.75) is 40.5 Å². The Kier molecular flexibility index (Phi) is 6.68. The van der Waals surface area contributed by atoms with E-state index >= 15 is 0 Å². The van der Waals surface area contributed by atoms with Crippen LogP contribution in [-0.2, 0) is 9.59 Å². The average molecular weight is 321 g/mol. The van der Waals surface area contributed by atoms with E-state index in [0.717, 1.165) is 0 Å². The van der Waals surface area contributed by atoms with Gasteiger partial charge in [0.15, 0.2) is 0 Å². The predicted molar refractivity (Wildman–Crippen MR) is 89.3 cm³/mol. The zero-order valence-corrected chi connectivity index (χ0v) is 13.9. The number of nitrogens with zero attached hydrogens (tertiary/aromatic N) is 1. The van der Waals surface area contributed by atoms with E-state index in [0.29, 0.717) is 18.5 Å². The molecule has 0 spiro atoms. The molecule has 0 unspecified atom stereocenters. The van der Waals surface area contributed by atoms with E-state index in [-0.39, 0.29) is 35.0 Å². The van der Waals surface area contributed by atoms with Gasteiger partial charge < -0.3 is 10.6 Å². The standard InChI is InChI=1S/C16H23N3O4/c1-5-10(3)15(20)17-12-7-8-13(14(9-12)19(22)23)18-16(21)11(4)6-2/h7-11H,5-6H2,1-4H3,(H,17,20)(H,18,21)/t10-,11+/m0/s1. The quantitative estimate of drug-likeness (QED) is 0.592. The maximum absolute atomic E-state index is 11.9. The van der Waals surface area contributed by atoms with Gasteiger partial charge in [-0.3, -0.25) is 19.7 Å². The van der Waals surface area contributed by atoms with E-state index in [4.69, 9.17) is 0 Å². The Morgan fingerprint density at radius 1 is 1.09 bits per heavy atom. The van der Waals surface area contributed by atoms with Crippen LogP contribution in [0, 0.1) is 22.0 Å². The highest BCUT2D eigenvalue weighted by molar-refractivity contribution is 5.96. The summed E-state index contributed by atoms with van der Waals surface area (Å²) < 4.78 is 0. The summed E-state index contributed by atoms with van der Waals surface area (Å²) in [5.74, 6) is -0.886. The average Bonchev–Trinajstić information content (AvgIpc) is 2.54. The van der Waals surface area contributed by atoms with Gasteiger partial charge in [0, 0.05) is 23.6 Å². The van der Waals surface area contributed by atoms with E-state index in [9.17, 15) is 19.7 Å².